The lowest BCUT2D eigenvalue weighted by Gasteiger charge is -2.37. The van der Waals surface area contributed by atoms with Crippen LogP contribution in [0.2, 0.25) is 0 Å². The van der Waals surface area contributed by atoms with Gasteiger partial charge in [0.25, 0.3) is 0 Å². The quantitative estimate of drug-likeness (QED) is 0.293. The molecule has 3 heterocycles. The molecule has 0 spiro atoms. The molecular formula is C29H31F6N3O2S. The Kier molecular flexibility index (Phi) is 8.63. The van der Waals surface area contributed by atoms with E-state index in [0.717, 1.165) is 55.7 Å². The van der Waals surface area contributed by atoms with Crippen molar-refractivity contribution >= 4 is 29.4 Å². The molecule has 5 rings (SSSR count). The number of halogens is 6. The highest BCUT2D eigenvalue weighted by atomic mass is 32.2. The van der Waals surface area contributed by atoms with Crippen LogP contribution in [0.15, 0.2) is 52.3 Å². The Labute approximate surface area is 238 Å². The second-order valence-electron chi connectivity index (χ2n) is 10.7. The van der Waals surface area contributed by atoms with E-state index in [0.29, 0.717) is 28.7 Å². The topological polar surface area (TPSA) is 44.8 Å². The highest BCUT2D eigenvalue weighted by Gasteiger charge is 2.46. The summed E-state index contributed by atoms with van der Waals surface area (Å²) in [5, 5.41) is 3.48. The van der Waals surface area contributed by atoms with Gasteiger partial charge in [0, 0.05) is 52.8 Å². The van der Waals surface area contributed by atoms with E-state index in [-0.39, 0.29) is 32.3 Å². The molecule has 41 heavy (non-hydrogen) atoms. The molecule has 3 aliphatic heterocycles. The summed E-state index contributed by atoms with van der Waals surface area (Å²) < 4.78 is 90.5. The lowest BCUT2D eigenvalue weighted by Crippen LogP contribution is -2.44. The molecular weight excluding hydrogens is 568 g/mol. The fourth-order valence-corrected chi connectivity index (χ4v) is 7.04. The molecule has 2 bridgehead atoms. The molecule has 0 aliphatic carbocycles. The van der Waals surface area contributed by atoms with Crippen molar-refractivity contribution in [2.24, 2.45) is 0 Å². The number of amides is 1. The van der Waals surface area contributed by atoms with Crippen LogP contribution in [0.4, 0.5) is 32.0 Å². The van der Waals surface area contributed by atoms with E-state index >= 15 is 0 Å². The van der Waals surface area contributed by atoms with Crippen molar-refractivity contribution in [2.75, 3.05) is 38.7 Å². The third-order valence-electron chi connectivity index (χ3n) is 8.03. The SMILES string of the molecule is CN1C2CCC1CC(Nc1cccc(Sc3ccc(/C=C/C(=O)N4CCOCC4)c(C(F)(F)F)c3C(F)(F)F)c1)C2. The van der Waals surface area contributed by atoms with Gasteiger partial charge in [-0.15, -0.1) is 0 Å². The molecule has 5 nitrogen and oxygen atoms in total. The minimum atomic E-state index is -5.31. The summed E-state index contributed by atoms with van der Waals surface area (Å²) >= 11 is 0.636. The van der Waals surface area contributed by atoms with Crippen LogP contribution in [-0.4, -0.2) is 67.2 Å². The number of anilines is 1. The van der Waals surface area contributed by atoms with E-state index in [4.69, 9.17) is 4.74 Å². The van der Waals surface area contributed by atoms with Gasteiger partial charge in [0.1, 0.15) is 0 Å². The average Bonchev–Trinajstić information content (AvgIpc) is 3.11. The minimum absolute atomic E-state index is 0.220. The van der Waals surface area contributed by atoms with E-state index < -0.39 is 39.8 Å². The van der Waals surface area contributed by atoms with Crippen molar-refractivity contribution in [2.45, 2.75) is 66.0 Å². The van der Waals surface area contributed by atoms with Crippen molar-refractivity contribution in [3.8, 4) is 0 Å². The van der Waals surface area contributed by atoms with Crippen LogP contribution in [0.5, 0.6) is 0 Å². The van der Waals surface area contributed by atoms with Crippen molar-refractivity contribution in [3.05, 3.63) is 59.2 Å². The lowest BCUT2D eigenvalue weighted by molar-refractivity contribution is -0.163. The third kappa shape index (κ3) is 6.86. The number of hydrogen-bond acceptors (Lipinski definition) is 5. The van der Waals surface area contributed by atoms with Crippen molar-refractivity contribution in [1.82, 2.24) is 9.80 Å². The van der Waals surface area contributed by atoms with Gasteiger partial charge >= 0.3 is 12.4 Å². The summed E-state index contributed by atoms with van der Waals surface area (Å²) in [7, 11) is 2.13. The summed E-state index contributed by atoms with van der Waals surface area (Å²) in [5.74, 6) is -0.588. The number of nitrogens with zero attached hydrogens (tertiary/aromatic N) is 2. The second-order valence-corrected chi connectivity index (χ2v) is 11.8. The second kappa shape index (κ2) is 11.9. The lowest BCUT2D eigenvalue weighted by atomic mass is 9.98. The Balaban J connectivity index is 1.41. The summed E-state index contributed by atoms with van der Waals surface area (Å²) in [5.41, 5.74) is -3.57. The summed E-state index contributed by atoms with van der Waals surface area (Å²) in [6.45, 7) is 1.08. The number of piperidine rings is 1. The van der Waals surface area contributed by atoms with Crippen LogP contribution in [0.1, 0.15) is 42.4 Å². The van der Waals surface area contributed by atoms with Crippen molar-refractivity contribution < 1.29 is 35.9 Å². The molecule has 2 atom stereocenters. The smallest absolute Gasteiger partial charge is 0.382 e. The first kappa shape index (κ1) is 29.8. The van der Waals surface area contributed by atoms with E-state index in [1.807, 2.05) is 6.07 Å². The van der Waals surface area contributed by atoms with Gasteiger partial charge in [-0.25, -0.2) is 0 Å². The van der Waals surface area contributed by atoms with Crippen LogP contribution in [-0.2, 0) is 21.9 Å². The van der Waals surface area contributed by atoms with Crippen LogP contribution < -0.4 is 5.32 Å². The molecule has 2 aromatic carbocycles. The van der Waals surface area contributed by atoms with Gasteiger partial charge < -0.3 is 19.9 Å². The molecule has 0 radical (unpaired) electrons. The fourth-order valence-electron chi connectivity index (χ4n) is 6.00. The van der Waals surface area contributed by atoms with Gasteiger partial charge in [0.05, 0.1) is 24.3 Å². The number of alkyl halides is 6. The molecule has 3 saturated heterocycles. The molecule has 222 valence electrons. The van der Waals surface area contributed by atoms with Crippen molar-refractivity contribution in [1.29, 1.82) is 0 Å². The summed E-state index contributed by atoms with van der Waals surface area (Å²) in [6.07, 6.45) is -4.69. The Morgan fingerprint density at radius 1 is 0.976 bits per heavy atom. The standard InChI is InChI=1S/C29H31F6N3O2S/c1-37-21-7-8-22(37)16-20(15-21)36-19-3-2-4-23(17-19)41-24-9-5-18(6-10-25(39)38-11-13-40-14-12-38)26(28(30,31)32)27(24)29(33,34)35/h2-6,9-10,17,20-22,36H,7-8,11-16H2,1H3/b10-6+. The molecule has 2 unspecified atom stereocenters. The van der Waals surface area contributed by atoms with Gasteiger partial charge in [0.2, 0.25) is 5.91 Å². The van der Waals surface area contributed by atoms with E-state index in [9.17, 15) is 31.1 Å². The fraction of sp³-hybridized carbons (Fsp3) is 0.483. The number of carbonyl (C=O) groups is 1. The van der Waals surface area contributed by atoms with Crippen LogP contribution in [0, 0.1) is 0 Å². The maximum Gasteiger partial charge on any atom is 0.418 e. The number of fused-ring (bicyclic) bond motifs is 2. The molecule has 3 aliphatic rings. The largest absolute Gasteiger partial charge is 0.418 e. The molecule has 0 aromatic heterocycles. The zero-order valence-electron chi connectivity index (χ0n) is 22.4. The Morgan fingerprint density at radius 2 is 1.63 bits per heavy atom. The third-order valence-corrected chi connectivity index (χ3v) is 9.08. The molecule has 1 N–H and O–H groups in total. The zero-order valence-corrected chi connectivity index (χ0v) is 23.2. The molecule has 1 amide bonds. The molecule has 2 aromatic rings. The first-order chi connectivity index (χ1) is 19.4. The highest BCUT2D eigenvalue weighted by molar-refractivity contribution is 7.99. The maximum absolute atomic E-state index is 14.3. The van der Waals surface area contributed by atoms with Gasteiger partial charge in [-0.1, -0.05) is 23.9 Å². The van der Waals surface area contributed by atoms with E-state index in [2.05, 4.69) is 17.3 Å². The molecule has 12 heteroatoms. The number of morpholine rings is 1. The normalized spacial score (nSPS) is 23.8. The monoisotopic (exact) mass is 599 g/mol. The number of rotatable bonds is 6. The summed E-state index contributed by atoms with van der Waals surface area (Å²) in [4.78, 5) is 16.0. The summed E-state index contributed by atoms with van der Waals surface area (Å²) in [6, 6.07) is 9.99. The Hall–Kier alpha value is -2.70. The predicted octanol–water partition coefficient (Wildman–Crippen LogP) is 6.78. The number of carbonyl (C=O) groups excluding carboxylic acids is 1. The van der Waals surface area contributed by atoms with Gasteiger partial charge in [-0.3, -0.25) is 4.79 Å². The Bertz CT molecular complexity index is 1280. The maximum atomic E-state index is 14.3. The predicted molar refractivity (Wildman–Crippen MR) is 145 cm³/mol. The molecule has 0 saturated carbocycles. The van der Waals surface area contributed by atoms with Crippen LogP contribution >= 0.6 is 11.8 Å². The number of hydrogen-bond donors (Lipinski definition) is 1. The number of benzene rings is 2. The van der Waals surface area contributed by atoms with Gasteiger partial charge in [-0.2, -0.15) is 26.3 Å². The van der Waals surface area contributed by atoms with Crippen LogP contribution in [0.25, 0.3) is 6.08 Å². The minimum Gasteiger partial charge on any atom is -0.382 e. The van der Waals surface area contributed by atoms with Gasteiger partial charge in [0.15, 0.2) is 0 Å². The highest BCUT2D eigenvalue weighted by Crippen LogP contribution is 2.48. The number of nitrogens with one attached hydrogen (secondary N) is 1. The van der Waals surface area contributed by atoms with E-state index in [1.165, 1.54) is 4.90 Å². The van der Waals surface area contributed by atoms with Crippen molar-refractivity contribution in [3.63, 3.8) is 0 Å². The van der Waals surface area contributed by atoms with E-state index in [1.54, 1.807) is 18.2 Å². The average molecular weight is 600 g/mol. The number of ether oxygens (including phenoxy) is 1. The Morgan fingerprint density at radius 3 is 2.27 bits per heavy atom. The first-order valence-corrected chi connectivity index (χ1v) is 14.3. The first-order valence-electron chi connectivity index (χ1n) is 13.5. The van der Waals surface area contributed by atoms with Gasteiger partial charge in [-0.05, 0) is 68.6 Å². The van der Waals surface area contributed by atoms with Crippen LogP contribution in [0.3, 0.4) is 0 Å². The zero-order chi connectivity index (χ0) is 29.4. The molecule has 3 fully saturated rings.